The summed E-state index contributed by atoms with van der Waals surface area (Å²) in [5.74, 6) is 0.107. The van der Waals surface area contributed by atoms with Gasteiger partial charge in [0.15, 0.2) is 0 Å². The lowest BCUT2D eigenvalue weighted by atomic mass is 9.85. The van der Waals surface area contributed by atoms with Gasteiger partial charge in [0.25, 0.3) is 0 Å². The van der Waals surface area contributed by atoms with Crippen molar-refractivity contribution in [1.82, 2.24) is 4.90 Å². The third-order valence-electron chi connectivity index (χ3n) is 3.78. The van der Waals surface area contributed by atoms with Crippen LogP contribution < -0.4 is 0 Å². The fraction of sp³-hybridized carbons (Fsp3) is 0.438. The van der Waals surface area contributed by atoms with Crippen molar-refractivity contribution in [3.63, 3.8) is 0 Å². The molecule has 0 atom stereocenters. The number of benzene rings is 1. The van der Waals surface area contributed by atoms with Crippen LogP contribution in [0.1, 0.15) is 31.9 Å². The second-order valence-electron chi connectivity index (χ2n) is 5.74. The molecule has 1 aromatic rings. The van der Waals surface area contributed by atoms with Crippen molar-refractivity contribution in [3.05, 3.63) is 41.5 Å². The standard InChI is InChI=1S/C16H21NO/c1-12(18)17(4)10-9-15-14-8-6-5-7-13(14)11-16(15,2)3/h5-9H,10-11H2,1-4H3/b15-9+. The molecular weight excluding hydrogens is 222 g/mol. The van der Waals surface area contributed by atoms with Crippen LogP contribution in [0.15, 0.2) is 30.3 Å². The highest BCUT2D eigenvalue weighted by atomic mass is 16.2. The Morgan fingerprint density at radius 3 is 2.72 bits per heavy atom. The Bertz CT molecular complexity index is 500. The number of hydrogen-bond acceptors (Lipinski definition) is 1. The first kappa shape index (κ1) is 12.9. The van der Waals surface area contributed by atoms with Crippen LogP contribution in [0.3, 0.4) is 0 Å². The average Bonchev–Trinajstić information content (AvgIpc) is 2.55. The quantitative estimate of drug-likeness (QED) is 0.781. The molecule has 0 fully saturated rings. The highest BCUT2D eigenvalue weighted by Crippen LogP contribution is 2.45. The highest BCUT2D eigenvalue weighted by Gasteiger charge is 2.32. The molecule has 0 bridgehead atoms. The summed E-state index contributed by atoms with van der Waals surface area (Å²) in [5, 5.41) is 0. The molecule has 96 valence electrons. The zero-order valence-electron chi connectivity index (χ0n) is 11.7. The van der Waals surface area contributed by atoms with Gasteiger partial charge in [-0.15, -0.1) is 0 Å². The van der Waals surface area contributed by atoms with Crippen molar-refractivity contribution in [1.29, 1.82) is 0 Å². The summed E-state index contributed by atoms with van der Waals surface area (Å²) in [4.78, 5) is 13.0. The minimum absolute atomic E-state index is 0.107. The van der Waals surface area contributed by atoms with E-state index in [4.69, 9.17) is 0 Å². The first-order valence-electron chi connectivity index (χ1n) is 6.42. The van der Waals surface area contributed by atoms with Crippen molar-refractivity contribution in [2.75, 3.05) is 13.6 Å². The Morgan fingerprint density at radius 1 is 1.39 bits per heavy atom. The van der Waals surface area contributed by atoms with Crippen molar-refractivity contribution >= 4 is 11.5 Å². The van der Waals surface area contributed by atoms with Crippen LogP contribution in [0.2, 0.25) is 0 Å². The third kappa shape index (κ3) is 2.33. The minimum Gasteiger partial charge on any atom is -0.342 e. The van der Waals surface area contributed by atoms with Gasteiger partial charge >= 0.3 is 0 Å². The van der Waals surface area contributed by atoms with Gasteiger partial charge in [0.2, 0.25) is 5.91 Å². The molecule has 0 aliphatic heterocycles. The smallest absolute Gasteiger partial charge is 0.219 e. The predicted molar refractivity (Wildman–Crippen MR) is 75.2 cm³/mol. The van der Waals surface area contributed by atoms with E-state index in [2.05, 4.69) is 44.2 Å². The number of allylic oxidation sites excluding steroid dienone is 1. The molecule has 1 amide bonds. The highest BCUT2D eigenvalue weighted by molar-refractivity contribution is 5.78. The number of carbonyl (C=O) groups excluding carboxylic acids is 1. The third-order valence-corrected chi connectivity index (χ3v) is 3.78. The summed E-state index contributed by atoms with van der Waals surface area (Å²) in [7, 11) is 1.84. The molecule has 0 saturated carbocycles. The maximum atomic E-state index is 11.3. The summed E-state index contributed by atoms with van der Waals surface area (Å²) in [6.07, 6.45) is 3.28. The van der Waals surface area contributed by atoms with Crippen LogP contribution in [0.4, 0.5) is 0 Å². The molecule has 18 heavy (non-hydrogen) atoms. The molecular formula is C16H21NO. The first-order chi connectivity index (χ1) is 8.42. The Kier molecular flexibility index (Phi) is 3.29. The van der Waals surface area contributed by atoms with Crippen molar-refractivity contribution in [2.45, 2.75) is 27.2 Å². The molecule has 2 rings (SSSR count). The van der Waals surface area contributed by atoms with Crippen LogP contribution in [0.5, 0.6) is 0 Å². The fourth-order valence-corrected chi connectivity index (χ4v) is 2.62. The van der Waals surface area contributed by atoms with Crippen LogP contribution in [0, 0.1) is 5.41 Å². The molecule has 2 heteroatoms. The number of hydrogen-bond donors (Lipinski definition) is 0. The summed E-state index contributed by atoms with van der Waals surface area (Å²) in [5.41, 5.74) is 4.30. The largest absolute Gasteiger partial charge is 0.342 e. The lowest BCUT2D eigenvalue weighted by Crippen LogP contribution is -2.24. The Balaban J connectivity index is 2.31. The number of carbonyl (C=O) groups is 1. The van der Waals surface area contributed by atoms with E-state index in [1.165, 1.54) is 16.7 Å². The number of amides is 1. The van der Waals surface area contributed by atoms with Gasteiger partial charge in [0, 0.05) is 20.5 Å². The molecule has 0 saturated heterocycles. The first-order valence-corrected chi connectivity index (χ1v) is 6.42. The van der Waals surface area contributed by atoms with Gasteiger partial charge in [-0.25, -0.2) is 0 Å². The van der Waals surface area contributed by atoms with E-state index >= 15 is 0 Å². The van der Waals surface area contributed by atoms with Gasteiger partial charge < -0.3 is 4.90 Å². The van der Waals surface area contributed by atoms with E-state index in [0.717, 1.165) is 6.42 Å². The summed E-state index contributed by atoms with van der Waals surface area (Å²) >= 11 is 0. The fourth-order valence-electron chi connectivity index (χ4n) is 2.62. The number of likely N-dealkylation sites (N-methyl/N-ethyl adjacent to an activating group) is 1. The SMILES string of the molecule is CC(=O)N(C)C/C=C1\c2ccccc2CC1(C)C. The molecule has 1 aliphatic carbocycles. The monoisotopic (exact) mass is 243 g/mol. The molecule has 0 N–H and O–H groups in total. The van der Waals surface area contributed by atoms with E-state index in [0.29, 0.717) is 6.54 Å². The van der Waals surface area contributed by atoms with Crippen molar-refractivity contribution in [2.24, 2.45) is 5.41 Å². The number of nitrogens with zero attached hydrogens (tertiary/aromatic N) is 1. The topological polar surface area (TPSA) is 20.3 Å². The van der Waals surface area contributed by atoms with E-state index < -0.39 is 0 Å². The van der Waals surface area contributed by atoms with Gasteiger partial charge in [-0.1, -0.05) is 44.2 Å². The van der Waals surface area contributed by atoms with Crippen molar-refractivity contribution in [3.8, 4) is 0 Å². The van der Waals surface area contributed by atoms with E-state index in [1.54, 1.807) is 11.8 Å². The molecule has 0 heterocycles. The summed E-state index contributed by atoms with van der Waals surface area (Å²) in [6.45, 7) is 6.83. The lowest BCUT2D eigenvalue weighted by molar-refractivity contribution is -0.127. The van der Waals surface area contributed by atoms with E-state index in [-0.39, 0.29) is 11.3 Å². The van der Waals surface area contributed by atoms with Crippen molar-refractivity contribution < 1.29 is 4.79 Å². The van der Waals surface area contributed by atoms with Gasteiger partial charge in [0.1, 0.15) is 0 Å². The molecule has 1 aromatic carbocycles. The Morgan fingerprint density at radius 2 is 2.06 bits per heavy atom. The molecule has 0 aromatic heterocycles. The van der Waals surface area contributed by atoms with E-state index in [9.17, 15) is 4.79 Å². The van der Waals surface area contributed by atoms with Gasteiger partial charge in [0.05, 0.1) is 0 Å². The Labute approximate surface area is 109 Å². The second-order valence-corrected chi connectivity index (χ2v) is 5.74. The lowest BCUT2D eigenvalue weighted by Gasteiger charge is -2.21. The van der Waals surface area contributed by atoms with Crippen LogP contribution in [-0.2, 0) is 11.2 Å². The summed E-state index contributed by atoms with van der Waals surface area (Å²) < 4.78 is 0. The zero-order chi connectivity index (χ0) is 13.3. The predicted octanol–water partition coefficient (Wildman–Crippen LogP) is 3.13. The van der Waals surface area contributed by atoms with Crippen LogP contribution >= 0.6 is 0 Å². The molecule has 0 spiro atoms. The van der Waals surface area contributed by atoms with E-state index in [1.807, 2.05) is 7.05 Å². The number of rotatable bonds is 2. The van der Waals surface area contributed by atoms with Crippen LogP contribution in [-0.4, -0.2) is 24.4 Å². The summed E-state index contributed by atoms with van der Waals surface area (Å²) in [6, 6.07) is 8.57. The maximum absolute atomic E-state index is 11.3. The molecule has 0 radical (unpaired) electrons. The second kappa shape index (κ2) is 4.60. The van der Waals surface area contributed by atoms with Gasteiger partial charge in [-0.05, 0) is 28.5 Å². The Hall–Kier alpha value is -1.57. The number of fused-ring (bicyclic) bond motifs is 1. The maximum Gasteiger partial charge on any atom is 0.219 e. The zero-order valence-corrected chi connectivity index (χ0v) is 11.7. The normalized spacial score (nSPS) is 18.8. The van der Waals surface area contributed by atoms with Gasteiger partial charge in [-0.3, -0.25) is 4.79 Å². The van der Waals surface area contributed by atoms with Gasteiger partial charge in [-0.2, -0.15) is 0 Å². The van der Waals surface area contributed by atoms with Crippen LogP contribution in [0.25, 0.3) is 5.57 Å². The molecule has 2 nitrogen and oxygen atoms in total. The average molecular weight is 243 g/mol. The molecule has 0 unspecified atom stereocenters. The molecule has 1 aliphatic rings. The minimum atomic E-state index is 0.107.